The van der Waals surface area contributed by atoms with Gasteiger partial charge in [-0.3, -0.25) is 0 Å². The molecule has 0 spiro atoms. The largest absolute Gasteiger partial charge is 0.466 e. The van der Waals surface area contributed by atoms with Gasteiger partial charge in [-0.25, -0.2) is 0 Å². The lowest BCUT2D eigenvalue weighted by atomic mass is 9.94. The van der Waals surface area contributed by atoms with Gasteiger partial charge in [0.1, 0.15) is 11.5 Å². The van der Waals surface area contributed by atoms with Crippen LogP contribution in [0.3, 0.4) is 0 Å². The SMILES string of the molecule is Cc1ccc(C(CN)Cc2ccc(C)o2)cc1. The maximum atomic E-state index is 5.86. The van der Waals surface area contributed by atoms with Crippen molar-refractivity contribution in [1.29, 1.82) is 0 Å². The normalized spacial score (nSPS) is 12.6. The minimum Gasteiger partial charge on any atom is -0.466 e. The molecule has 0 bridgehead atoms. The number of benzene rings is 1. The number of aryl methyl sites for hydroxylation is 2. The molecule has 17 heavy (non-hydrogen) atoms. The minimum absolute atomic E-state index is 0.334. The van der Waals surface area contributed by atoms with Crippen molar-refractivity contribution >= 4 is 0 Å². The van der Waals surface area contributed by atoms with Crippen LogP contribution < -0.4 is 5.73 Å². The van der Waals surface area contributed by atoms with Crippen LogP contribution in [0.15, 0.2) is 40.8 Å². The van der Waals surface area contributed by atoms with E-state index in [1.165, 1.54) is 11.1 Å². The van der Waals surface area contributed by atoms with Crippen molar-refractivity contribution in [3.05, 3.63) is 59.0 Å². The van der Waals surface area contributed by atoms with Crippen LogP contribution in [0.2, 0.25) is 0 Å². The topological polar surface area (TPSA) is 39.2 Å². The van der Waals surface area contributed by atoms with Gasteiger partial charge in [-0.05, 0) is 38.1 Å². The van der Waals surface area contributed by atoms with E-state index in [9.17, 15) is 0 Å². The Labute approximate surface area is 102 Å². The Morgan fingerprint density at radius 2 is 1.76 bits per heavy atom. The number of furan rings is 1. The van der Waals surface area contributed by atoms with Crippen LogP contribution in [0.5, 0.6) is 0 Å². The van der Waals surface area contributed by atoms with Gasteiger partial charge < -0.3 is 10.2 Å². The fraction of sp³-hybridized carbons (Fsp3) is 0.333. The first-order chi connectivity index (χ1) is 8.19. The molecular formula is C15H19NO. The van der Waals surface area contributed by atoms with Gasteiger partial charge in [0.25, 0.3) is 0 Å². The maximum absolute atomic E-state index is 5.86. The lowest BCUT2D eigenvalue weighted by molar-refractivity contribution is 0.465. The lowest BCUT2D eigenvalue weighted by Gasteiger charge is -2.14. The molecule has 1 aromatic carbocycles. The standard InChI is InChI=1S/C15H19NO/c1-11-3-6-13(7-4-11)14(10-16)9-15-8-5-12(2)17-15/h3-8,14H,9-10,16H2,1-2H3. The Morgan fingerprint density at radius 1 is 1.06 bits per heavy atom. The van der Waals surface area contributed by atoms with Crippen molar-refractivity contribution < 1.29 is 4.42 Å². The molecular weight excluding hydrogens is 210 g/mol. The number of hydrogen-bond donors (Lipinski definition) is 1. The monoisotopic (exact) mass is 229 g/mol. The molecule has 0 fully saturated rings. The molecule has 0 saturated heterocycles. The second-order valence-corrected chi connectivity index (χ2v) is 4.56. The molecule has 1 unspecified atom stereocenters. The molecule has 0 amide bonds. The second-order valence-electron chi connectivity index (χ2n) is 4.56. The first kappa shape index (κ1) is 11.9. The van der Waals surface area contributed by atoms with Crippen molar-refractivity contribution in [2.75, 3.05) is 6.54 Å². The number of rotatable bonds is 4. The highest BCUT2D eigenvalue weighted by molar-refractivity contribution is 5.26. The summed E-state index contributed by atoms with van der Waals surface area (Å²) in [6.45, 7) is 4.70. The predicted octanol–water partition coefficient (Wildman–Crippen LogP) is 3.18. The third-order valence-corrected chi connectivity index (χ3v) is 3.08. The Hall–Kier alpha value is -1.54. The van der Waals surface area contributed by atoms with Crippen LogP contribution in [0.25, 0.3) is 0 Å². The zero-order chi connectivity index (χ0) is 12.3. The zero-order valence-corrected chi connectivity index (χ0v) is 10.4. The molecule has 0 aliphatic heterocycles. The fourth-order valence-electron chi connectivity index (χ4n) is 2.01. The highest BCUT2D eigenvalue weighted by Gasteiger charge is 2.12. The third kappa shape index (κ3) is 2.98. The van der Waals surface area contributed by atoms with Crippen LogP contribution in [0, 0.1) is 13.8 Å². The van der Waals surface area contributed by atoms with E-state index in [2.05, 4.69) is 31.2 Å². The van der Waals surface area contributed by atoms with Crippen molar-refractivity contribution in [3.63, 3.8) is 0 Å². The van der Waals surface area contributed by atoms with Gasteiger partial charge in [-0.2, -0.15) is 0 Å². The van der Waals surface area contributed by atoms with Crippen LogP contribution in [0.4, 0.5) is 0 Å². The van der Waals surface area contributed by atoms with Gasteiger partial charge in [0, 0.05) is 12.3 Å². The lowest BCUT2D eigenvalue weighted by Crippen LogP contribution is -2.14. The highest BCUT2D eigenvalue weighted by atomic mass is 16.3. The van der Waals surface area contributed by atoms with Crippen LogP contribution >= 0.6 is 0 Å². The van der Waals surface area contributed by atoms with E-state index in [4.69, 9.17) is 10.2 Å². The molecule has 1 atom stereocenters. The van der Waals surface area contributed by atoms with E-state index in [0.29, 0.717) is 12.5 Å². The van der Waals surface area contributed by atoms with E-state index >= 15 is 0 Å². The summed E-state index contributed by atoms with van der Waals surface area (Å²) in [5.41, 5.74) is 8.42. The summed E-state index contributed by atoms with van der Waals surface area (Å²) in [6, 6.07) is 12.6. The molecule has 2 N–H and O–H groups in total. The summed E-state index contributed by atoms with van der Waals surface area (Å²) in [5.74, 6) is 2.30. The highest BCUT2D eigenvalue weighted by Crippen LogP contribution is 2.21. The minimum atomic E-state index is 0.334. The van der Waals surface area contributed by atoms with Crippen molar-refractivity contribution in [1.82, 2.24) is 0 Å². The predicted molar refractivity (Wildman–Crippen MR) is 70.1 cm³/mol. The van der Waals surface area contributed by atoms with Gasteiger partial charge >= 0.3 is 0 Å². The van der Waals surface area contributed by atoms with E-state index in [-0.39, 0.29) is 0 Å². The molecule has 0 aliphatic rings. The van der Waals surface area contributed by atoms with Crippen molar-refractivity contribution in [3.8, 4) is 0 Å². The number of nitrogens with two attached hydrogens (primary N) is 1. The molecule has 2 heteroatoms. The quantitative estimate of drug-likeness (QED) is 0.874. The van der Waals surface area contributed by atoms with Gasteiger partial charge in [-0.15, -0.1) is 0 Å². The molecule has 2 nitrogen and oxygen atoms in total. The first-order valence-corrected chi connectivity index (χ1v) is 6.01. The van der Waals surface area contributed by atoms with Crippen molar-refractivity contribution in [2.45, 2.75) is 26.2 Å². The van der Waals surface area contributed by atoms with E-state index in [0.717, 1.165) is 17.9 Å². The third-order valence-electron chi connectivity index (χ3n) is 3.08. The van der Waals surface area contributed by atoms with Crippen LogP contribution in [-0.2, 0) is 6.42 Å². The van der Waals surface area contributed by atoms with E-state index in [1.807, 2.05) is 19.1 Å². The molecule has 1 heterocycles. The molecule has 1 aromatic heterocycles. The van der Waals surface area contributed by atoms with Crippen LogP contribution in [-0.4, -0.2) is 6.54 Å². The summed E-state index contributed by atoms with van der Waals surface area (Å²) in [4.78, 5) is 0. The summed E-state index contributed by atoms with van der Waals surface area (Å²) < 4.78 is 5.61. The Balaban J connectivity index is 2.13. The maximum Gasteiger partial charge on any atom is 0.104 e. The van der Waals surface area contributed by atoms with Gasteiger partial charge in [0.15, 0.2) is 0 Å². The fourth-order valence-corrected chi connectivity index (χ4v) is 2.01. The summed E-state index contributed by atoms with van der Waals surface area (Å²) >= 11 is 0. The molecule has 2 aromatic rings. The molecule has 0 radical (unpaired) electrons. The average Bonchev–Trinajstić information content (AvgIpc) is 2.73. The smallest absolute Gasteiger partial charge is 0.104 e. The summed E-state index contributed by atoms with van der Waals surface area (Å²) in [5, 5.41) is 0. The van der Waals surface area contributed by atoms with Crippen LogP contribution in [0.1, 0.15) is 28.6 Å². The second kappa shape index (κ2) is 5.19. The van der Waals surface area contributed by atoms with Gasteiger partial charge in [-0.1, -0.05) is 29.8 Å². The average molecular weight is 229 g/mol. The number of hydrogen-bond acceptors (Lipinski definition) is 2. The molecule has 0 aliphatic carbocycles. The van der Waals surface area contributed by atoms with Crippen molar-refractivity contribution in [2.24, 2.45) is 5.73 Å². The molecule has 0 saturated carbocycles. The Bertz CT molecular complexity index is 470. The Kier molecular flexibility index (Phi) is 3.64. The Morgan fingerprint density at radius 3 is 2.29 bits per heavy atom. The van der Waals surface area contributed by atoms with E-state index in [1.54, 1.807) is 0 Å². The van der Waals surface area contributed by atoms with E-state index < -0.39 is 0 Å². The summed E-state index contributed by atoms with van der Waals surface area (Å²) in [7, 11) is 0. The molecule has 2 rings (SSSR count). The first-order valence-electron chi connectivity index (χ1n) is 6.01. The molecule has 90 valence electrons. The van der Waals surface area contributed by atoms with Gasteiger partial charge in [0.2, 0.25) is 0 Å². The van der Waals surface area contributed by atoms with Gasteiger partial charge in [0.05, 0.1) is 0 Å². The summed E-state index contributed by atoms with van der Waals surface area (Å²) in [6.07, 6.45) is 0.868. The zero-order valence-electron chi connectivity index (χ0n) is 10.4.